The van der Waals surface area contributed by atoms with Crippen molar-refractivity contribution < 1.29 is 14.1 Å². The van der Waals surface area contributed by atoms with Crippen molar-refractivity contribution in [1.82, 2.24) is 19.9 Å². The predicted octanol–water partition coefficient (Wildman–Crippen LogP) is 1.95. The van der Waals surface area contributed by atoms with Crippen molar-refractivity contribution in [2.45, 2.75) is 19.8 Å². The fourth-order valence-corrected chi connectivity index (χ4v) is 3.13. The minimum Gasteiger partial charge on any atom is -0.344 e. The van der Waals surface area contributed by atoms with E-state index in [1.807, 2.05) is 0 Å². The number of halogens is 1. The first-order chi connectivity index (χ1) is 12.1. The van der Waals surface area contributed by atoms with E-state index in [1.54, 1.807) is 41.2 Å². The summed E-state index contributed by atoms with van der Waals surface area (Å²) in [5.41, 5.74) is 2.06. The van der Waals surface area contributed by atoms with Gasteiger partial charge in [-0.05, 0) is 37.1 Å². The number of hydrogen-bond donors (Lipinski definition) is 0. The fraction of sp³-hybridized carbons (Fsp3) is 0.412. The largest absolute Gasteiger partial charge is 0.344 e. The first kappa shape index (κ1) is 17.4. The third-order valence-corrected chi connectivity index (χ3v) is 4.65. The lowest BCUT2D eigenvalue weighted by Gasteiger charge is -2.34. The fourth-order valence-electron chi connectivity index (χ4n) is 2.86. The molecule has 2 aromatic rings. The van der Waals surface area contributed by atoms with Gasteiger partial charge in [0.1, 0.15) is 0 Å². The number of carbonyl (C=O) groups excluding carboxylic acids is 2. The zero-order valence-electron chi connectivity index (χ0n) is 13.9. The lowest BCUT2D eigenvalue weighted by atomic mass is 10.1. The molecule has 0 atom stereocenters. The van der Waals surface area contributed by atoms with Gasteiger partial charge in [-0.25, -0.2) is 0 Å². The van der Waals surface area contributed by atoms with Gasteiger partial charge >= 0.3 is 0 Å². The van der Waals surface area contributed by atoms with Crippen LogP contribution in [0.15, 0.2) is 29.0 Å². The summed E-state index contributed by atoms with van der Waals surface area (Å²) in [6.07, 6.45) is 4.04. The Labute approximate surface area is 150 Å². The monoisotopic (exact) mass is 362 g/mol. The van der Waals surface area contributed by atoms with Crippen LogP contribution in [0.4, 0.5) is 0 Å². The second kappa shape index (κ2) is 7.65. The third-order valence-electron chi connectivity index (χ3n) is 4.35. The van der Waals surface area contributed by atoms with Crippen molar-refractivity contribution in [1.29, 1.82) is 0 Å². The van der Waals surface area contributed by atoms with E-state index in [-0.39, 0.29) is 17.0 Å². The van der Waals surface area contributed by atoms with Gasteiger partial charge in [0.05, 0.1) is 11.3 Å². The number of rotatable bonds is 4. The van der Waals surface area contributed by atoms with Crippen molar-refractivity contribution in [3.8, 4) is 0 Å². The molecule has 1 aliphatic rings. The SMILES string of the molecule is Cc1noc(Cl)c1CCC(=O)N1CCN(C(=O)c2cccnc2)CC1. The van der Waals surface area contributed by atoms with Crippen molar-refractivity contribution in [3.05, 3.63) is 46.6 Å². The highest BCUT2D eigenvalue weighted by atomic mass is 35.5. The maximum absolute atomic E-state index is 12.4. The van der Waals surface area contributed by atoms with E-state index in [0.717, 1.165) is 5.56 Å². The van der Waals surface area contributed by atoms with E-state index in [2.05, 4.69) is 10.1 Å². The highest BCUT2D eigenvalue weighted by molar-refractivity contribution is 6.29. The second-order valence-electron chi connectivity index (χ2n) is 5.93. The summed E-state index contributed by atoms with van der Waals surface area (Å²) in [6.45, 7) is 3.90. The number of aryl methyl sites for hydroxylation is 1. The number of piperazine rings is 1. The summed E-state index contributed by atoms with van der Waals surface area (Å²) in [7, 11) is 0. The summed E-state index contributed by atoms with van der Waals surface area (Å²) >= 11 is 5.92. The number of hydrogen-bond acceptors (Lipinski definition) is 5. The van der Waals surface area contributed by atoms with Crippen molar-refractivity contribution in [3.63, 3.8) is 0 Å². The number of pyridine rings is 1. The van der Waals surface area contributed by atoms with Gasteiger partial charge in [-0.15, -0.1) is 0 Å². The Bertz CT molecular complexity index is 735. The minimum atomic E-state index is -0.0490. The van der Waals surface area contributed by atoms with Crippen molar-refractivity contribution in [2.75, 3.05) is 26.2 Å². The Morgan fingerprint density at radius 2 is 1.96 bits per heavy atom. The van der Waals surface area contributed by atoms with Crippen LogP contribution < -0.4 is 0 Å². The summed E-state index contributed by atoms with van der Waals surface area (Å²) in [5, 5.41) is 4.03. The molecular weight excluding hydrogens is 344 g/mol. The first-order valence-electron chi connectivity index (χ1n) is 8.14. The number of nitrogens with zero attached hydrogens (tertiary/aromatic N) is 4. The average molecular weight is 363 g/mol. The highest BCUT2D eigenvalue weighted by Gasteiger charge is 2.25. The van der Waals surface area contributed by atoms with Crippen molar-refractivity contribution in [2.24, 2.45) is 0 Å². The molecule has 0 radical (unpaired) electrons. The van der Waals surface area contributed by atoms with E-state index in [4.69, 9.17) is 16.1 Å². The Morgan fingerprint density at radius 3 is 2.56 bits per heavy atom. The average Bonchev–Trinajstić information content (AvgIpc) is 2.98. The van der Waals surface area contributed by atoms with Gasteiger partial charge in [0, 0.05) is 50.6 Å². The molecule has 3 heterocycles. The molecule has 0 aliphatic carbocycles. The Kier molecular flexibility index (Phi) is 5.33. The molecular formula is C17H19ClN4O3. The molecule has 8 heteroatoms. The van der Waals surface area contributed by atoms with Crippen molar-refractivity contribution >= 4 is 23.4 Å². The molecule has 1 fully saturated rings. The van der Waals surface area contributed by atoms with Gasteiger partial charge in [0.2, 0.25) is 11.1 Å². The van der Waals surface area contributed by atoms with Crippen LogP contribution in [0.3, 0.4) is 0 Å². The minimum absolute atomic E-state index is 0.0464. The van der Waals surface area contributed by atoms with Crippen LogP contribution in [0.25, 0.3) is 0 Å². The lowest BCUT2D eigenvalue weighted by Crippen LogP contribution is -2.50. The Morgan fingerprint density at radius 1 is 1.24 bits per heavy atom. The number of amides is 2. The molecule has 1 aliphatic heterocycles. The molecule has 0 aromatic carbocycles. The van der Waals surface area contributed by atoms with E-state index in [0.29, 0.717) is 50.3 Å². The smallest absolute Gasteiger partial charge is 0.255 e. The molecule has 7 nitrogen and oxygen atoms in total. The van der Waals surface area contributed by atoms with Gasteiger partial charge in [-0.1, -0.05) is 5.16 Å². The normalized spacial score (nSPS) is 14.6. The highest BCUT2D eigenvalue weighted by Crippen LogP contribution is 2.21. The van der Waals surface area contributed by atoms with Gasteiger partial charge in [-0.3, -0.25) is 14.6 Å². The molecule has 0 unspecified atom stereocenters. The van der Waals surface area contributed by atoms with Crippen LogP contribution in [0.2, 0.25) is 5.22 Å². The molecule has 0 N–H and O–H groups in total. The zero-order valence-corrected chi connectivity index (χ0v) is 14.7. The van der Waals surface area contributed by atoms with E-state index >= 15 is 0 Å². The number of carbonyl (C=O) groups is 2. The second-order valence-corrected chi connectivity index (χ2v) is 6.28. The molecule has 0 bridgehead atoms. The molecule has 2 aromatic heterocycles. The van der Waals surface area contributed by atoms with Crippen LogP contribution in [-0.4, -0.2) is 57.9 Å². The molecule has 1 saturated heterocycles. The van der Waals surface area contributed by atoms with Crippen LogP contribution in [0.1, 0.15) is 28.0 Å². The summed E-state index contributed by atoms with van der Waals surface area (Å²) < 4.78 is 4.90. The van der Waals surface area contributed by atoms with Gasteiger partial charge in [-0.2, -0.15) is 0 Å². The topological polar surface area (TPSA) is 79.5 Å². The van der Waals surface area contributed by atoms with E-state index in [9.17, 15) is 9.59 Å². The third kappa shape index (κ3) is 3.99. The summed E-state index contributed by atoms with van der Waals surface area (Å²) in [4.78, 5) is 32.3. The predicted molar refractivity (Wildman–Crippen MR) is 91.3 cm³/mol. The molecule has 3 rings (SSSR count). The van der Waals surface area contributed by atoms with Crippen LogP contribution in [0, 0.1) is 6.92 Å². The maximum atomic E-state index is 12.4. The quantitative estimate of drug-likeness (QED) is 0.830. The standard InChI is InChI=1S/C17H19ClN4O3/c1-12-14(16(18)25-20-12)4-5-15(23)21-7-9-22(10-8-21)17(24)13-3-2-6-19-11-13/h2-3,6,11H,4-5,7-10H2,1H3. The molecule has 0 spiro atoms. The van der Waals surface area contributed by atoms with Crippen LogP contribution in [0.5, 0.6) is 0 Å². The van der Waals surface area contributed by atoms with E-state index < -0.39 is 0 Å². The summed E-state index contributed by atoms with van der Waals surface area (Å²) in [5.74, 6) is -0.00257. The van der Waals surface area contributed by atoms with Crippen LogP contribution in [-0.2, 0) is 11.2 Å². The maximum Gasteiger partial charge on any atom is 0.255 e. The lowest BCUT2D eigenvalue weighted by molar-refractivity contribution is -0.132. The van der Waals surface area contributed by atoms with Crippen LogP contribution >= 0.6 is 11.6 Å². The van der Waals surface area contributed by atoms with Gasteiger partial charge in [0.25, 0.3) is 5.91 Å². The Balaban J connectivity index is 1.50. The molecule has 25 heavy (non-hydrogen) atoms. The van der Waals surface area contributed by atoms with Gasteiger partial charge < -0.3 is 14.3 Å². The summed E-state index contributed by atoms with van der Waals surface area (Å²) in [6, 6.07) is 3.49. The van der Waals surface area contributed by atoms with E-state index in [1.165, 1.54) is 0 Å². The zero-order chi connectivity index (χ0) is 17.8. The molecule has 2 amide bonds. The Hall–Kier alpha value is -2.41. The van der Waals surface area contributed by atoms with Gasteiger partial charge in [0.15, 0.2) is 0 Å². The number of aromatic nitrogens is 2. The molecule has 132 valence electrons. The first-order valence-corrected chi connectivity index (χ1v) is 8.52. The molecule has 0 saturated carbocycles.